The maximum Gasteiger partial charge on any atom is 0.121 e. The quantitative estimate of drug-likeness (QED) is 0.535. The average molecular weight is 276 g/mol. The van der Waals surface area contributed by atoms with Gasteiger partial charge in [0.2, 0.25) is 0 Å². The third kappa shape index (κ3) is 5.56. The van der Waals surface area contributed by atoms with Gasteiger partial charge < -0.3 is 5.11 Å². The lowest BCUT2D eigenvalue weighted by atomic mass is 9.96. The van der Waals surface area contributed by atoms with Gasteiger partial charge in [-0.2, -0.15) is 0 Å². The molecule has 1 heteroatoms. The zero-order valence-electron chi connectivity index (χ0n) is 13.7. The predicted molar refractivity (Wildman–Crippen MR) is 88.6 cm³/mol. The van der Waals surface area contributed by atoms with E-state index in [9.17, 15) is 5.11 Å². The first-order valence-corrected chi connectivity index (χ1v) is 8.56. The summed E-state index contributed by atoms with van der Waals surface area (Å²) < 4.78 is 0. The van der Waals surface area contributed by atoms with E-state index in [1.807, 2.05) is 0 Å². The average Bonchev–Trinajstić information content (AvgIpc) is 2.46. The first kappa shape index (κ1) is 17.1. The zero-order chi connectivity index (χ0) is 14.8. The fraction of sp³-hybridized carbons (Fsp3) is 0.684. The summed E-state index contributed by atoms with van der Waals surface area (Å²) in [6, 6.07) is 4.44. The number of hydrogen-bond acceptors (Lipinski definition) is 1. The Balaban J connectivity index is 2.54. The summed E-state index contributed by atoms with van der Waals surface area (Å²) >= 11 is 0. The van der Waals surface area contributed by atoms with Gasteiger partial charge in [-0.25, -0.2) is 0 Å². The Morgan fingerprint density at radius 1 is 0.750 bits per heavy atom. The van der Waals surface area contributed by atoms with Gasteiger partial charge in [0.25, 0.3) is 0 Å². The van der Waals surface area contributed by atoms with Crippen LogP contribution in [0.3, 0.4) is 0 Å². The highest BCUT2D eigenvalue weighted by atomic mass is 16.3. The number of aryl methyl sites for hydroxylation is 3. The van der Waals surface area contributed by atoms with Crippen molar-refractivity contribution in [1.82, 2.24) is 0 Å². The number of hydrogen-bond donors (Lipinski definition) is 1. The van der Waals surface area contributed by atoms with Crippen molar-refractivity contribution in [2.45, 2.75) is 85.0 Å². The Labute approximate surface area is 125 Å². The van der Waals surface area contributed by atoms with Crippen LogP contribution in [0, 0.1) is 0 Å². The summed E-state index contributed by atoms with van der Waals surface area (Å²) in [6.07, 6.45) is 12.2. The van der Waals surface area contributed by atoms with Gasteiger partial charge in [0, 0.05) is 0 Å². The second-order valence-electron chi connectivity index (χ2n) is 5.88. The highest BCUT2D eigenvalue weighted by Gasteiger charge is 2.08. The molecule has 0 saturated heterocycles. The largest absolute Gasteiger partial charge is 0.507 e. The van der Waals surface area contributed by atoms with Crippen molar-refractivity contribution in [3.63, 3.8) is 0 Å². The molecule has 0 aromatic heterocycles. The van der Waals surface area contributed by atoms with Gasteiger partial charge in [0.05, 0.1) is 0 Å². The molecule has 0 heterocycles. The Morgan fingerprint density at radius 2 is 1.40 bits per heavy atom. The molecule has 0 spiro atoms. The van der Waals surface area contributed by atoms with E-state index >= 15 is 0 Å². The molecule has 0 unspecified atom stereocenters. The molecule has 1 nitrogen and oxygen atoms in total. The molecule has 0 aliphatic heterocycles. The van der Waals surface area contributed by atoms with Crippen LogP contribution in [-0.2, 0) is 19.3 Å². The number of rotatable bonds is 10. The van der Waals surface area contributed by atoms with E-state index in [-0.39, 0.29) is 0 Å². The molecule has 0 bridgehead atoms. The maximum atomic E-state index is 10.2. The van der Waals surface area contributed by atoms with Crippen molar-refractivity contribution in [3.05, 3.63) is 28.8 Å². The smallest absolute Gasteiger partial charge is 0.121 e. The van der Waals surface area contributed by atoms with Gasteiger partial charge in [-0.3, -0.25) is 0 Å². The molecule has 20 heavy (non-hydrogen) atoms. The van der Waals surface area contributed by atoms with Gasteiger partial charge >= 0.3 is 0 Å². The molecule has 1 aromatic rings. The molecule has 1 aromatic carbocycles. The van der Waals surface area contributed by atoms with Crippen LogP contribution < -0.4 is 0 Å². The lowest BCUT2D eigenvalue weighted by molar-refractivity contribution is 0.460. The second-order valence-corrected chi connectivity index (χ2v) is 5.88. The molecule has 0 saturated carbocycles. The summed E-state index contributed by atoms with van der Waals surface area (Å²) in [7, 11) is 0. The summed E-state index contributed by atoms with van der Waals surface area (Å²) in [6.45, 7) is 6.56. The number of aromatic hydroxyl groups is 1. The van der Waals surface area contributed by atoms with Gasteiger partial charge in [-0.15, -0.1) is 0 Å². The molecular weight excluding hydrogens is 244 g/mol. The standard InChI is InChI=1S/C19H32O/c1-4-7-8-9-10-11-13-16-14-17(6-3)19(20)18(15-16)12-5-2/h14-15,20H,4-13H2,1-3H3. The van der Waals surface area contributed by atoms with Gasteiger partial charge in [0.1, 0.15) is 5.75 Å². The van der Waals surface area contributed by atoms with Crippen molar-refractivity contribution in [3.8, 4) is 5.75 Å². The Morgan fingerprint density at radius 3 is 2.05 bits per heavy atom. The van der Waals surface area contributed by atoms with Crippen LogP contribution >= 0.6 is 0 Å². The second kappa shape index (κ2) is 9.85. The predicted octanol–water partition coefficient (Wildman–Crippen LogP) is 5.81. The van der Waals surface area contributed by atoms with E-state index in [4.69, 9.17) is 0 Å². The topological polar surface area (TPSA) is 20.2 Å². The van der Waals surface area contributed by atoms with E-state index in [2.05, 4.69) is 32.9 Å². The third-order valence-electron chi connectivity index (χ3n) is 4.05. The van der Waals surface area contributed by atoms with Crippen LogP contribution in [-0.4, -0.2) is 5.11 Å². The Kier molecular flexibility index (Phi) is 8.41. The molecule has 1 N–H and O–H groups in total. The number of benzene rings is 1. The fourth-order valence-corrected chi connectivity index (χ4v) is 2.82. The molecular formula is C19H32O. The third-order valence-corrected chi connectivity index (χ3v) is 4.05. The number of phenolic OH excluding ortho intramolecular Hbond substituents is 1. The van der Waals surface area contributed by atoms with Crippen LogP contribution in [0.4, 0.5) is 0 Å². The van der Waals surface area contributed by atoms with Crippen molar-refractivity contribution < 1.29 is 5.11 Å². The monoisotopic (exact) mass is 276 g/mol. The zero-order valence-corrected chi connectivity index (χ0v) is 13.7. The first-order chi connectivity index (χ1) is 9.72. The van der Waals surface area contributed by atoms with Crippen LogP contribution in [0.25, 0.3) is 0 Å². The maximum absolute atomic E-state index is 10.2. The van der Waals surface area contributed by atoms with E-state index < -0.39 is 0 Å². The van der Waals surface area contributed by atoms with Gasteiger partial charge in [-0.1, -0.05) is 71.4 Å². The SMILES string of the molecule is CCCCCCCCc1cc(CC)c(O)c(CCC)c1. The molecule has 0 aliphatic rings. The lowest BCUT2D eigenvalue weighted by Crippen LogP contribution is -1.95. The minimum Gasteiger partial charge on any atom is -0.507 e. The van der Waals surface area contributed by atoms with Gasteiger partial charge in [0.15, 0.2) is 0 Å². The minimum atomic E-state index is 0.543. The molecule has 114 valence electrons. The highest BCUT2D eigenvalue weighted by Crippen LogP contribution is 2.27. The molecule has 0 radical (unpaired) electrons. The fourth-order valence-electron chi connectivity index (χ4n) is 2.82. The summed E-state index contributed by atoms with van der Waals surface area (Å²) in [4.78, 5) is 0. The minimum absolute atomic E-state index is 0.543. The molecule has 0 fully saturated rings. The summed E-state index contributed by atoms with van der Waals surface area (Å²) in [5, 5.41) is 10.2. The van der Waals surface area contributed by atoms with Crippen molar-refractivity contribution in [2.75, 3.05) is 0 Å². The van der Waals surface area contributed by atoms with Crippen molar-refractivity contribution >= 4 is 0 Å². The Hall–Kier alpha value is -0.980. The number of phenols is 1. The van der Waals surface area contributed by atoms with E-state index in [1.165, 1.54) is 44.1 Å². The lowest BCUT2D eigenvalue weighted by Gasteiger charge is -2.12. The van der Waals surface area contributed by atoms with Crippen LogP contribution in [0.15, 0.2) is 12.1 Å². The van der Waals surface area contributed by atoms with Crippen molar-refractivity contribution in [1.29, 1.82) is 0 Å². The molecule has 0 aliphatic carbocycles. The molecule has 0 amide bonds. The summed E-state index contributed by atoms with van der Waals surface area (Å²) in [5.41, 5.74) is 3.68. The molecule has 0 atom stereocenters. The first-order valence-electron chi connectivity index (χ1n) is 8.56. The van der Waals surface area contributed by atoms with Crippen LogP contribution in [0.2, 0.25) is 0 Å². The number of unbranched alkanes of at least 4 members (excludes halogenated alkanes) is 5. The van der Waals surface area contributed by atoms with E-state index in [1.54, 1.807) is 0 Å². The van der Waals surface area contributed by atoms with Crippen molar-refractivity contribution in [2.24, 2.45) is 0 Å². The van der Waals surface area contributed by atoms with Crippen LogP contribution in [0.5, 0.6) is 5.75 Å². The molecule has 1 rings (SSSR count). The summed E-state index contributed by atoms with van der Waals surface area (Å²) in [5.74, 6) is 0.543. The Bertz CT molecular complexity index is 382. The van der Waals surface area contributed by atoms with Crippen LogP contribution in [0.1, 0.15) is 82.4 Å². The van der Waals surface area contributed by atoms with E-state index in [0.29, 0.717) is 5.75 Å². The van der Waals surface area contributed by atoms with E-state index in [0.717, 1.165) is 36.8 Å². The van der Waals surface area contributed by atoms with Gasteiger partial charge in [-0.05, 0) is 42.4 Å². The highest BCUT2D eigenvalue weighted by molar-refractivity contribution is 5.44. The normalized spacial score (nSPS) is 10.9.